The molecule has 2 nitrogen and oxygen atoms in total. The maximum Gasteiger partial charge on any atom is 0.0857 e. The Bertz CT molecular complexity index is 226. The molecular formula is C10H15IO2S. The Labute approximate surface area is 102 Å². The van der Waals surface area contributed by atoms with Gasteiger partial charge >= 0.3 is 0 Å². The second-order valence-electron chi connectivity index (χ2n) is 3.26. The van der Waals surface area contributed by atoms with Gasteiger partial charge in [0, 0.05) is 21.2 Å². The molecule has 14 heavy (non-hydrogen) atoms. The molecule has 0 amide bonds. The lowest BCUT2D eigenvalue weighted by Gasteiger charge is -2.11. The summed E-state index contributed by atoms with van der Waals surface area (Å²) in [5.74, 6) is 0. The molecule has 1 aliphatic rings. The third kappa shape index (κ3) is 5.38. The van der Waals surface area contributed by atoms with Crippen LogP contribution in [0.5, 0.6) is 0 Å². The van der Waals surface area contributed by atoms with Gasteiger partial charge in [-0.25, -0.2) is 0 Å². The molecule has 1 aliphatic carbocycles. The fourth-order valence-electron chi connectivity index (χ4n) is 1.22. The van der Waals surface area contributed by atoms with Crippen LogP contribution in [-0.2, 0) is 8.92 Å². The first-order chi connectivity index (χ1) is 6.83. The smallest absolute Gasteiger partial charge is 0.0857 e. The van der Waals surface area contributed by atoms with Crippen molar-refractivity contribution < 1.29 is 8.92 Å². The van der Waals surface area contributed by atoms with Crippen LogP contribution in [0.3, 0.4) is 0 Å². The Morgan fingerprint density at radius 3 is 2.86 bits per heavy atom. The van der Waals surface area contributed by atoms with Gasteiger partial charge in [0.15, 0.2) is 0 Å². The van der Waals surface area contributed by atoms with Gasteiger partial charge in [-0.1, -0.05) is 17.7 Å². The van der Waals surface area contributed by atoms with E-state index >= 15 is 0 Å². The molecule has 0 aromatic heterocycles. The minimum Gasteiger partial charge on any atom is -0.375 e. The summed E-state index contributed by atoms with van der Waals surface area (Å²) in [4.78, 5) is 0. The van der Waals surface area contributed by atoms with Crippen LogP contribution in [0.25, 0.3) is 0 Å². The van der Waals surface area contributed by atoms with E-state index in [1.54, 1.807) is 0 Å². The summed E-state index contributed by atoms with van der Waals surface area (Å²) >= 11 is 2.10. The zero-order valence-corrected chi connectivity index (χ0v) is 11.3. The molecular weight excluding hydrogens is 311 g/mol. The van der Waals surface area contributed by atoms with Crippen molar-refractivity contribution in [1.82, 2.24) is 0 Å². The average molecular weight is 326 g/mol. The highest BCUT2D eigenvalue weighted by atomic mass is 127. The molecule has 0 saturated carbocycles. The molecule has 0 saturated heterocycles. The van der Waals surface area contributed by atoms with Crippen molar-refractivity contribution in [2.75, 3.05) is 19.8 Å². The summed E-state index contributed by atoms with van der Waals surface area (Å²) in [7, 11) is 1.35. The number of hydrogen-bond acceptors (Lipinski definition) is 3. The first kappa shape index (κ1) is 12.5. The van der Waals surface area contributed by atoms with E-state index in [1.165, 1.54) is 20.4 Å². The highest BCUT2D eigenvalue weighted by molar-refractivity contribution is 14.2. The third-order valence-electron chi connectivity index (χ3n) is 2.07. The Kier molecular flexibility index (Phi) is 6.93. The first-order valence-corrected chi connectivity index (χ1v) is 7.93. The average Bonchev–Trinajstić information content (AvgIpc) is 2.21. The lowest BCUT2D eigenvalue weighted by Crippen LogP contribution is -2.05. The molecule has 0 aromatic carbocycles. The van der Waals surface area contributed by atoms with E-state index in [9.17, 15) is 0 Å². The van der Waals surface area contributed by atoms with E-state index in [-0.39, 0.29) is 0 Å². The number of hydrogen-bond donors (Lipinski definition) is 0. The van der Waals surface area contributed by atoms with Crippen molar-refractivity contribution in [2.45, 2.75) is 19.8 Å². The van der Waals surface area contributed by atoms with E-state index in [0.717, 1.165) is 19.4 Å². The molecule has 0 N–H and O–H groups in total. The first-order valence-electron chi connectivity index (χ1n) is 4.64. The summed E-state index contributed by atoms with van der Waals surface area (Å²) in [6, 6.07) is 0. The molecule has 0 spiro atoms. The van der Waals surface area contributed by atoms with Gasteiger partial charge in [-0.2, -0.15) is 0 Å². The van der Waals surface area contributed by atoms with Gasteiger partial charge in [0.25, 0.3) is 0 Å². The van der Waals surface area contributed by atoms with Crippen molar-refractivity contribution in [1.29, 1.82) is 0 Å². The molecule has 1 rings (SSSR count). The number of halogens is 1. The van der Waals surface area contributed by atoms with Gasteiger partial charge < -0.3 is 8.92 Å². The highest BCUT2D eigenvalue weighted by Gasteiger charge is 2.01. The van der Waals surface area contributed by atoms with Gasteiger partial charge in [-0.05, 0) is 25.3 Å². The molecule has 0 aliphatic heterocycles. The van der Waals surface area contributed by atoms with E-state index in [0.29, 0.717) is 13.2 Å². The lowest BCUT2D eigenvalue weighted by molar-refractivity contribution is 0.124. The summed E-state index contributed by atoms with van der Waals surface area (Å²) in [5.41, 5.74) is 2.84. The number of allylic oxidation sites excluding steroid dienone is 3. The highest BCUT2D eigenvalue weighted by Crippen LogP contribution is 2.17. The van der Waals surface area contributed by atoms with Crippen molar-refractivity contribution in [3.05, 3.63) is 23.3 Å². The zero-order chi connectivity index (χ0) is 10.2. The van der Waals surface area contributed by atoms with Gasteiger partial charge in [-0.15, -0.1) is 0 Å². The fraction of sp³-hybridized carbons (Fsp3) is 0.600. The van der Waals surface area contributed by atoms with Crippen LogP contribution in [-0.4, -0.2) is 19.8 Å². The van der Waals surface area contributed by atoms with E-state index < -0.39 is 0 Å². The standard InChI is InChI=1S/C10H15IO2S/c1-9-2-4-10(5-3-9)8-12-6-7-13-14-11/h2,5H,3-4,6-8H2,1H3. The molecule has 0 radical (unpaired) electrons. The predicted molar refractivity (Wildman–Crippen MR) is 69.5 cm³/mol. The number of rotatable bonds is 6. The van der Waals surface area contributed by atoms with Crippen LogP contribution in [0.1, 0.15) is 19.8 Å². The summed E-state index contributed by atoms with van der Waals surface area (Å²) < 4.78 is 10.6. The molecule has 0 aromatic rings. The summed E-state index contributed by atoms with van der Waals surface area (Å²) in [6.07, 6.45) is 6.67. The molecule has 4 heteroatoms. The Morgan fingerprint density at radius 1 is 1.36 bits per heavy atom. The normalized spacial score (nSPS) is 16.4. The molecule has 0 atom stereocenters. The topological polar surface area (TPSA) is 18.5 Å². The maximum absolute atomic E-state index is 5.47. The van der Waals surface area contributed by atoms with Gasteiger partial charge in [-0.3, -0.25) is 0 Å². The van der Waals surface area contributed by atoms with Gasteiger partial charge in [0.05, 0.1) is 29.0 Å². The second kappa shape index (κ2) is 7.73. The summed E-state index contributed by atoms with van der Waals surface area (Å²) in [6.45, 7) is 4.25. The van der Waals surface area contributed by atoms with Crippen LogP contribution in [0.15, 0.2) is 23.3 Å². The summed E-state index contributed by atoms with van der Waals surface area (Å²) in [5, 5.41) is 0. The minimum absolute atomic E-state index is 0.662. The molecule has 0 fully saturated rings. The molecule has 80 valence electrons. The van der Waals surface area contributed by atoms with Crippen LogP contribution in [0.4, 0.5) is 0 Å². The quantitative estimate of drug-likeness (QED) is 0.321. The molecule has 0 bridgehead atoms. The van der Waals surface area contributed by atoms with Crippen LogP contribution in [0, 0.1) is 0 Å². The van der Waals surface area contributed by atoms with Crippen LogP contribution >= 0.6 is 30.4 Å². The van der Waals surface area contributed by atoms with Gasteiger partial charge in [0.2, 0.25) is 0 Å². The van der Waals surface area contributed by atoms with Crippen LogP contribution in [0.2, 0.25) is 0 Å². The van der Waals surface area contributed by atoms with Crippen molar-refractivity contribution in [3.63, 3.8) is 0 Å². The predicted octanol–water partition coefficient (Wildman–Crippen LogP) is 3.68. The maximum atomic E-state index is 5.47. The minimum atomic E-state index is 0.662. The van der Waals surface area contributed by atoms with E-state index in [4.69, 9.17) is 8.92 Å². The molecule has 0 unspecified atom stereocenters. The van der Waals surface area contributed by atoms with Crippen molar-refractivity contribution >= 4 is 30.4 Å². The lowest BCUT2D eigenvalue weighted by atomic mass is 10.0. The van der Waals surface area contributed by atoms with Crippen molar-refractivity contribution in [2.24, 2.45) is 0 Å². The SMILES string of the molecule is CC1=CCC(COCCOSI)=CC1. The fourth-order valence-corrected chi connectivity index (χ4v) is 1.89. The Hall–Kier alpha value is 0.480. The number of ether oxygens (including phenoxy) is 1. The van der Waals surface area contributed by atoms with Gasteiger partial charge in [0.1, 0.15) is 0 Å². The Balaban J connectivity index is 2.02. The largest absolute Gasteiger partial charge is 0.375 e. The van der Waals surface area contributed by atoms with E-state index in [1.807, 2.05) is 0 Å². The van der Waals surface area contributed by atoms with E-state index in [2.05, 4.69) is 40.3 Å². The monoisotopic (exact) mass is 326 g/mol. The second-order valence-corrected chi connectivity index (χ2v) is 4.70. The molecule has 0 heterocycles. The third-order valence-corrected chi connectivity index (χ3v) is 3.09. The zero-order valence-electron chi connectivity index (χ0n) is 8.29. The van der Waals surface area contributed by atoms with Crippen LogP contribution < -0.4 is 0 Å². The van der Waals surface area contributed by atoms with Crippen molar-refractivity contribution in [3.8, 4) is 0 Å². The Morgan fingerprint density at radius 2 is 2.21 bits per heavy atom.